The lowest BCUT2D eigenvalue weighted by Crippen LogP contribution is -2.02. The van der Waals surface area contributed by atoms with E-state index in [-0.39, 0.29) is 0 Å². The normalized spacial score (nSPS) is 11.7. The van der Waals surface area contributed by atoms with Crippen molar-refractivity contribution in [2.24, 2.45) is 0 Å². The molecule has 0 fully saturated rings. The maximum absolute atomic E-state index is 5.24. The molecule has 4 nitrogen and oxygen atoms in total. The fourth-order valence-corrected chi connectivity index (χ4v) is 9.03. The van der Waals surface area contributed by atoms with E-state index in [1.807, 2.05) is 36.4 Å². The molecule has 274 valence electrons. The lowest BCUT2D eigenvalue weighted by Gasteiger charge is -2.18. The summed E-state index contributed by atoms with van der Waals surface area (Å²) in [5.41, 5.74) is 8.50. The summed E-state index contributed by atoms with van der Waals surface area (Å²) in [5.74, 6) is 1.89. The van der Waals surface area contributed by atoms with Gasteiger partial charge in [-0.2, -0.15) is 0 Å². The predicted molar refractivity (Wildman–Crippen MR) is 246 cm³/mol. The number of fused-ring (bicyclic) bond motifs is 10. The Balaban J connectivity index is 1.22. The van der Waals surface area contributed by atoms with E-state index in [0.29, 0.717) is 17.5 Å². The highest BCUT2D eigenvalue weighted by atomic mass is 15.0. The SMILES string of the molecule is c1ccc(-c2nc(-c3ccccc3)nc(-c3cc(-n4c5ccccc5c5ccc(-c6ccc7ccccc7c6)cc54)c4c5ccccc5c5ccccc5c4c3)n2)cc1. The minimum Gasteiger partial charge on any atom is -0.309 e. The average Bonchev–Trinajstić information content (AvgIpc) is 3.65. The Labute approximate surface area is 340 Å². The Bertz CT molecular complexity index is 3550. The molecule has 12 rings (SSSR count). The number of rotatable bonds is 5. The maximum Gasteiger partial charge on any atom is 0.164 e. The fraction of sp³-hybridized carbons (Fsp3) is 0. The van der Waals surface area contributed by atoms with Crippen molar-refractivity contribution in [1.82, 2.24) is 19.5 Å². The van der Waals surface area contributed by atoms with E-state index < -0.39 is 0 Å². The van der Waals surface area contributed by atoms with Gasteiger partial charge in [-0.3, -0.25) is 0 Å². The second-order valence-corrected chi connectivity index (χ2v) is 15.2. The third-order valence-electron chi connectivity index (χ3n) is 11.8. The molecule has 4 heteroatoms. The third-order valence-corrected chi connectivity index (χ3v) is 11.8. The fourth-order valence-electron chi connectivity index (χ4n) is 9.03. The second-order valence-electron chi connectivity index (χ2n) is 15.2. The van der Waals surface area contributed by atoms with Crippen LogP contribution in [0.4, 0.5) is 0 Å². The summed E-state index contributed by atoms with van der Waals surface area (Å²) in [6, 6.07) is 73.6. The molecule has 0 radical (unpaired) electrons. The van der Waals surface area contributed by atoms with Crippen LogP contribution >= 0.6 is 0 Å². The summed E-state index contributed by atoms with van der Waals surface area (Å²) >= 11 is 0. The molecule has 10 aromatic carbocycles. The minimum atomic E-state index is 0.621. The van der Waals surface area contributed by atoms with Gasteiger partial charge in [0.25, 0.3) is 0 Å². The van der Waals surface area contributed by atoms with Gasteiger partial charge in [-0.25, -0.2) is 15.0 Å². The highest BCUT2D eigenvalue weighted by molar-refractivity contribution is 6.28. The van der Waals surface area contributed by atoms with E-state index >= 15 is 0 Å². The van der Waals surface area contributed by atoms with Gasteiger partial charge in [0.2, 0.25) is 0 Å². The van der Waals surface area contributed by atoms with Crippen molar-refractivity contribution in [2.75, 3.05) is 0 Å². The number of aromatic nitrogens is 4. The first-order chi connectivity index (χ1) is 29.2. The molecule has 12 aromatic rings. The van der Waals surface area contributed by atoms with Crippen LogP contribution in [0.15, 0.2) is 206 Å². The standard InChI is InChI=1S/C55H34N4/c1-3-16-36(17-4-1)53-56-54(37-18-5-2-6-19-37)58-55(57-53)41-32-48-44-23-10-9-21-42(44)43-22-11-12-25-47(43)52(48)51(34-41)59-49-26-14-13-24-45(49)46-30-29-40(33-50(46)59)39-28-27-35-15-7-8-20-38(35)31-39/h1-34H. The van der Waals surface area contributed by atoms with E-state index in [9.17, 15) is 0 Å². The molecular weight excluding hydrogens is 717 g/mol. The van der Waals surface area contributed by atoms with Crippen LogP contribution < -0.4 is 0 Å². The molecule has 0 bridgehead atoms. The number of hydrogen-bond donors (Lipinski definition) is 0. The average molecular weight is 751 g/mol. The van der Waals surface area contributed by atoms with Crippen molar-refractivity contribution in [2.45, 2.75) is 0 Å². The van der Waals surface area contributed by atoms with Gasteiger partial charge in [0.1, 0.15) is 0 Å². The Morgan fingerprint density at radius 3 is 1.46 bits per heavy atom. The van der Waals surface area contributed by atoms with Crippen LogP contribution in [0.25, 0.3) is 116 Å². The van der Waals surface area contributed by atoms with Crippen molar-refractivity contribution in [1.29, 1.82) is 0 Å². The summed E-state index contributed by atoms with van der Waals surface area (Å²) in [5, 5.41) is 12.0. The molecule has 0 atom stereocenters. The van der Waals surface area contributed by atoms with E-state index in [2.05, 4.69) is 174 Å². The Morgan fingerprint density at radius 1 is 0.271 bits per heavy atom. The zero-order chi connectivity index (χ0) is 38.9. The first-order valence-corrected chi connectivity index (χ1v) is 20.0. The minimum absolute atomic E-state index is 0.621. The van der Waals surface area contributed by atoms with Gasteiger partial charge in [-0.15, -0.1) is 0 Å². The van der Waals surface area contributed by atoms with Crippen molar-refractivity contribution >= 4 is 64.9 Å². The highest BCUT2D eigenvalue weighted by Gasteiger charge is 2.21. The summed E-state index contributed by atoms with van der Waals surface area (Å²) < 4.78 is 2.47. The molecule has 2 aromatic heterocycles. The molecule has 0 aliphatic carbocycles. The van der Waals surface area contributed by atoms with Gasteiger partial charge in [-0.1, -0.05) is 176 Å². The van der Waals surface area contributed by atoms with Crippen molar-refractivity contribution in [3.05, 3.63) is 206 Å². The van der Waals surface area contributed by atoms with Crippen LogP contribution in [0.5, 0.6) is 0 Å². The van der Waals surface area contributed by atoms with Crippen LogP contribution in [0, 0.1) is 0 Å². The number of benzene rings is 10. The first kappa shape index (κ1) is 33.2. The van der Waals surface area contributed by atoms with Gasteiger partial charge >= 0.3 is 0 Å². The second kappa shape index (κ2) is 13.3. The maximum atomic E-state index is 5.24. The largest absolute Gasteiger partial charge is 0.309 e. The molecule has 0 amide bonds. The molecule has 0 aliphatic rings. The lowest BCUT2D eigenvalue weighted by atomic mass is 9.91. The molecule has 0 saturated carbocycles. The Morgan fingerprint density at radius 2 is 0.763 bits per heavy atom. The van der Waals surface area contributed by atoms with Crippen molar-refractivity contribution in [3.63, 3.8) is 0 Å². The Kier molecular flexibility index (Phi) is 7.50. The molecular formula is C55H34N4. The van der Waals surface area contributed by atoms with E-state index in [1.54, 1.807) is 0 Å². The summed E-state index contributed by atoms with van der Waals surface area (Å²) in [6.45, 7) is 0. The van der Waals surface area contributed by atoms with Gasteiger partial charge in [0.05, 0.1) is 16.7 Å². The lowest BCUT2D eigenvalue weighted by molar-refractivity contribution is 1.07. The van der Waals surface area contributed by atoms with Gasteiger partial charge < -0.3 is 4.57 Å². The zero-order valence-electron chi connectivity index (χ0n) is 31.9. The van der Waals surface area contributed by atoms with Crippen LogP contribution in [-0.4, -0.2) is 19.5 Å². The summed E-state index contributed by atoms with van der Waals surface area (Å²) in [7, 11) is 0. The molecule has 59 heavy (non-hydrogen) atoms. The smallest absolute Gasteiger partial charge is 0.164 e. The monoisotopic (exact) mass is 750 g/mol. The van der Waals surface area contributed by atoms with Crippen molar-refractivity contribution in [3.8, 4) is 51.0 Å². The van der Waals surface area contributed by atoms with E-state index in [0.717, 1.165) is 38.8 Å². The molecule has 0 spiro atoms. The van der Waals surface area contributed by atoms with Gasteiger partial charge in [0, 0.05) is 32.8 Å². The highest BCUT2D eigenvalue weighted by Crippen LogP contribution is 2.44. The van der Waals surface area contributed by atoms with Crippen LogP contribution in [0.3, 0.4) is 0 Å². The van der Waals surface area contributed by atoms with Gasteiger partial charge in [-0.05, 0) is 79.2 Å². The van der Waals surface area contributed by atoms with Crippen LogP contribution in [0.2, 0.25) is 0 Å². The van der Waals surface area contributed by atoms with Crippen LogP contribution in [-0.2, 0) is 0 Å². The topological polar surface area (TPSA) is 43.6 Å². The molecule has 0 N–H and O–H groups in total. The van der Waals surface area contributed by atoms with E-state index in [1.165, 1.54) is 59.6 Å². The first-order valence-electron chi connectivity index (χ1n) is 20.0. The summed E-state index contributed by atoms with van der Waals surface area (Å²) in [6.07, 6.45) is 0. The van der Waals surface area contributed by atoms with Crippen LogP contribution in [0.1, 0.15) is 0 Å². The molecule has 0 unspecified atom stereocenters. The predicted octanol–water partition coefficient (Wildman–Crippen LogP) is 14.2. The number of hydrogen-bond acceptors (Lipinski definition) is 3. The summed E-state index contributed by atoms with van der Waals surface area (Å²) in [4.78, 5) is 15.5. The van der Waals surface area contributed by atoms with Crippen molar-refractivity contribution < 1.29 is 0 Å². The third kappa shape index (κ3) is 5.42. The number of nitrogens with zero attached hydrogens (tertiary/aromatic N) is 4. The zero-order valence-corrected chi connectivity index (χ0v) is 31.9. The molecule has 0 aliphatic heterocycles. The molecule has 0 saturated heterocycles. The Hall–Kier alpha value is -7.95. The molecule has 2 heterocycles. The van der Waals surface area contributed by atoms with Gasteiger partial charge in [0.15, 0.2) is 17.5 Å². The quantitative estimate of drug-likeness (QED) is 0.165. The van der Waals surface area contributed by atoms with E-state index in [4.69, 9.17) is 15.0 Å². The number of para-hydroxylation sites is 1.